The Morgan fingerprint density at radius 3 is 2.95 bits per heavy atom. The van der Waals surface area contributed by atoms with Crippen molar-refractivity contribution >= 4 is 33.0 Å². The third-order valence-electron chi connectivity index (χ3n) is 2.92. The van der Waals surface area contributed by atoms with E-state index in [1.54, 1.807) is 24.6 Å². The van der Waals surface area contributed by atoms with Crippen molar-refractivity contribution in [3.05, 3.63) is 42.9 Å². The van der Waals surface area contributed by atoms with E-state index in [4.69, 9.17) is 4.74 Å². The second-order valence-electron chi connectivity index (χ2n) is 4.33. The van der Waals surface area contributed by atoms with E-state index in [2.05, 4.69) is 44.0 Å². The van der Waals surface area contributed by atoms with Crippen LogP contribution in [0.25, 0.3) is 0 Å². The molecule has 0 unspecified atom stereocenters. The molecule has 0 radical (unpaired) electrons. The topological polar surface area (TPSA) is 56.1 Å². The second kappa shape index (κ2) is 7.01. The zero-order chi connectivity index (χ0) is 14.5. The zero-order valence-electron chi connectivity index (χ0n) is 11.4. The molecular formula is C13H16BrN3O2S. The number of hydrogen-bond donors (Lipinski definition) is 1. The Bertz CT molecular complexity index is 639. The summed E-state index contributed by atoms with van der Waals surface area (Å²) in [6.07, 6.45) is 1.66. The van der Waals surface area contributed by atoms with E-state index in [1.165, 1.54) is 15.8 Å². The van der Waals surface area contributed by atoms with Gasteiger partial charge in [-0.1, -0.05) is 0 Å². The van der Waals surface area contributed by atoms with Crippen LogP contribution >= 0.6 is 27.3 Å². The Morgan fingerprint density at radius 2 is 2.30 bits per heavy atom. The molecule has 2 heterocycles. The van der Waals surface area contributed by atoms with Crippen molar-refractivity contribution in [3.63, 3.8) is 0 Å². The van der Waals surface area contributed by atoms with Crippen LogP contribution in [0.3, 0.4) is 0 Å². The Kier molecular flexibility index (Phi) is 5.33. The molecule has 0 aliphatic carbocycles. The largest absolute Gasteiger partial charge is 0.383 e. The minimum Gasteiger partial charge on any atom is -0.383 e. The first-order chi connectivity index (χ1) is 9.63. The molecule has 0 spiro atoms. The fourth-order valence-electron chi connectivity index (χ4n) is 1.68. The average molecular weight is 358 g/mol. The number of aromatic nitrogens is 2. The molecule has 0 fully saturated rings. The molecule has 0 aromatic carbocycles. The number of rotatable bonds is 6. The van der Waals surface area contributed by atoms with E-state index in [9.17, 15) is 4.79 Å². The van der Waals surface area contributed by atoms with Crippen LogP contribution in [0.1, 0.15) is 11.1 Å². The van der Waals surface area contributed by atoms with Gasteiger partial charge in [-0.3, -0.25) is 4.79 Å². The standard InChI is InChI=1S/C13H16BrN3O2S/c1-9-7-20-8-10(9)5-15-11-6-16-17(3-4-19-2)13(18)12(11)14/h6-8,15H,3-5H2,1-2H3. The number of thiophene rings is 1. The number of methoxy groups -OCH3 is 1. The van der Waals surface area contributed by atoms with E-state index in [1.807, 2.05) is 0 Å². The van der Waals surface area contributed by atoms with Crippen molar-refractivity contribution in [2.24, 2.45) is 0 Å². The van der Waals surface area contributed by atoms with E-state index in [0.717, 1.165) is 0 Å². The Labute approximate surface area is 129 Å². The summed E-state index contributed by atoms with van der Waals surface area (Å²) in [5.74, 6) is 0. The van der Waals surface area contributed by atoms with Gasteiger partial charge in [0.05, 0.1) is 25.0 Å². The molecule has 0 atom stereocenters. The van der Waals surface area contributed by atoms with Crippen LogP contribution < -0.4 is 10.9 Å². The molecule has 0 saturated heterocycles. The Morgan fingerprint density at radius 1 is 1.50 bits per heavy atom. The van der Waals surface area contributed by atoms with Crippen LogP contribution in [0, 0.1) is 6.92 Å². The maximum Gasteiger partial charge on any atom is 0.283 e. The quantitative estimate of drug-likeness (QED) is 0.863. The summed E-state index contributed by atoms with van der Waals surface area (Å²) < 4.78 is 6.83. The summed E-state index contributed by atoms with van der Waals surface area (Å²) in [7, 11) is 1.60. The molecule has 108 valence electrons. The fraction of sp³-hybridized carbons (Fsp3) is 0.385. The minimum absolute atomic E-state index is 0.158. The van der Waals surface area contributed by atoms with Gasteiger partial charge in [0, 0.05) is 13.7 Å². The highest BCUT2D eigenvalue weighted by molar-refractivity contribution is 9.10. The summed E-state index contributed by atoms with van der Waals surface area (Å²) in [5.41, 5.74) is 3.02. The summed E-state index contributed by atoms with van der Waals surface area (Å²) in [6, 6.07) is 0. The van der Waals surface area contributed by atoms with Gasteiger partial charge in [-0.05, 0) is 44.7 Å². The monoisotopic (exact) mass is 357 g/mol. The minimum atomic E-state index is -0.158. The predicted molar refractivity (Wildman–Crippen MR) is 84.5 cm³/mol. The number of nitrogens with zero attached hydrogens (tertiary/aromatic N) is 2. The molecule has 20 heavy (non-hydrogen) atoms. The van der Waals surface area contributed by atoms with E-state index in [-0.39, 0.29) is 5.56 Å². The number of anilines is 1. The lowest BCUT2D eigenvalue weighted by Crippen LogP contribution is -2.26. The maximum absolute atomic E-state index is 12.1. The molecule has 1 N–H and O–H groups in total. The molecule has 2 aromatic heterocycles. The molecule has 0 saturated carbocycles. The summed E-state index contributed by atoms with van der Waals surface area (Å²) in [4.78, 5) is 12.1. The van der Waals surface area contributed by atoms with E-state index in [0.29, 0.717) is 29.9 Å². The molecule has 0 aliphatic heterocycles. The van der Waals surface area contributed by atoms with Crippen molar-refractivity contribution in [2.75, 3.05) is 19.0 Å². The van der Waals surface area contributed by atoms with Crippen LogP contribution in [0.4, 0.5) is 5.69 Å². The second-order valence-corrected chi connectivity index (χ2v) is 5.86. The molecule has 2 rings (SSSR count). The highest BCUT2D eigenvalue weighted by atomic mass is 79.9. The Balaban J connectivity index is 2.11. The highest BCUT2D eigenvalue weighted by Crippen LogP contribution is 2.19. The van der Waals surface area contributed by atoms with Crippen molar-refractivity contribution in [2.45, 2.75) is 20.0 Å². The van der Waals surface area contributed by atoms with Crippen molar-refractivity contribution in [1.29, 1.82) is 0 Å². The zero-order valence-corrected chi connectivity index (χ0v) is 13.8. The normalized spacial score (nSPS) is 10.8. The predicted octanol–water partition coefficient (Wildman–Crippen LogP) is 2.63. The Hall–Kier alpha value is -1.18. The maximum atomic E-state index is 12.1. The van der Waals surface area contributed by atoms with Gasteiger partial charge in [0.15, 0.2) is 0 Å². The molecule has 0 amide bonds. The van der Waals surface area contributed by atoms with Crippen LogP contribution in [0.5, 0.6) is 0 Å². The van der Waals surface area contributed by atoms with Gasteiger partial charge < -0.3 is 10.1 Å². The molecular weight excluding hydrogens is 342 g/mol. The molecule has 0 aliphatic rings. The molecule has 2 aromatic rings. The van der Waals surface area contributed by atoms with Gasteiger partial charge in [0.2, 0.25) is 0 Å². The van der Waals surface area contributed by atoms with Crippen LogP contribution in [0.2, 0.25) is 0 Å². The van der Waals surface area contributed by atoms with Gasteiger partial charge >= 0.3 is 0 Å². The lowest BCUT2D eigenvalue weighted by atomic mass is 10.2. The highest BCUT2D eigenvalue weighted by Gasteiger charge is 2.09. The first kappa shape index (κ1) is 15.2. The SMILES string of the molecule is COCCn1ncc(NCc2cscc2C)c(Br)c1=O. The van der Waals surface area contributed by atoms with E-state index >= 15 is 0 Å². The number of nitrogens with one attached hydrogen (secondary N) is 1. The van der Waals surface area contributed by atoms with E-state index < -0.39 is 0 Å². The van der Waals surface area contributed by atoms with Gasteiger partial charge in [0.1, 0.15) is 4.47 Å². The summed E-state index contributed by atoms with van der Waals surface area (Å²) in [6.45, 7) is 3.65. The van der Waals surface area contributed by atoms with Gasteiger partial charge in [-0.15, -0.1) is 0 Å². The van der Waals surface area contributed by atoms with Gasteiger partial charge in [-0.2, -0.15) is 16.4 Å². The first-order valence-electron chi connectivity index (χ1n) is 6.13. The average Bonchev–Trinajstić information content (AvgIpc) is 2.85. The third-order valence-corrected chi connectivity index (χ3v) is 4.60. The lowest BCUT2D eigenvalue weighted by Gasteiger charge is -2.10. The van der Waals surface area contributed by atoms with Crippen molar-refractivity contribution in [3.8, 4) is 0 Å². The van der Waals surface area contributed by atoms with Gasteiger partial charge in [-0.25, -0.2) is 4.68 Å². The lowest BCUT2D eigenvalue weighted by molar-refractivity contribution is 0.181. The smallest absolute Gasteiger partial charge is 0.283 e. The number of halogens is 1. The van der Waals surface area contributed by atoms with Crippen molar-refractivity contribution in [1.82, 2.24) is 9.78 Å². The molecule has 5 nitrogen and oxygen atoms in total. The number of ether oxygens (including phenoxy) is 1. The third kappa shape index (κ3) is 3.47. The van der Waals surface area contributed by atoms with Crippen molar-refractivity contribution < 1.29 is 4.74 Å². The van der Waals surface area contributed by atoms with Gasteiger partial charge in [0.25, 0.3) is 5.56 Å². The van der Waals surface area contributed by atoms with Crippen LogP contribution in [-0.2, 0) is 17.8 Å². The summed E-state index contributed by atoms with van der Waals surface area (Å²) in [5, 5.41) is 11.6. The fourth-order valence-corrected chi connectivity index (χ4v) is 2.99. The number of hydrogen-bond acceptors (Lipinski definition) is 5. The van der Waals surface area contributed by atoms with Crippen LogP contribution in [-0.4, -0.2) is 23.5 Å². The molecule has 0 bridgehead atoms. The molecule has 7 heteroatoms. The number of aryl methyl sites for hydroxylation is 1. The first-order valence-corrected chi connectivity index (χ1v) is 7.87. The summed E-state index contributed by atoms with van der Waals surface area (Å²) >= 11 is 5.00. The van der Waals surface area contributed by atoms with Crippen LogP contribution in [0.15, 0.2) is 26.2 Å².